The molecule has 0 aliphatic carbocycles. The Morgan fingerprint density at radius 3 is 2.58 bits per heavy atom. The van der Waals surface area contributed by atoms with Gasteiger partial charge >= 0.3 is 0 Å². The van der Waals surface area contributed by atoms with Crippen molar-refractivity contribution < 1.29 is 8.42 Å². The summed E-state index contributed by atoms with van der Waals surface area (Å²) in [4.78, 5) is 0.371. The van der Waals surface area contributed by atoms with Gasteiger partial charge in [0.1, 0.15) is 4.90 Å². The molecular formula is C13H23N3O2S. The van der Waals surface area contributed by atoms with Gasteiger partial charge in [-0.15, -0.1) is 0 Å². The average molecular weight is 285 g/mol. The van der Waals surface area contributed by atoms with E-state index in [9.17, 15) is 8.42 Å². The molecule has 2 N–H and O–H groups in total. The van der Waals surface area contributed by atoms with Crippen LogP contribution in [0, 0.1) is 5.92 Å². The first-order chi connectivity index (χ1) is 8.86. The van der Waals surface area contributed by atoms with Crippen LogP contribution in [0.4, 0.5) is 0 Å². The number of rotatable bonds is 4. The van der Waals surface area contributed by atoms with E-state index in [0.717, 1.165) is 12.1 Å². The minimum atomic E-state index is -3.36. The van der Waals surface area contributed by atoms with Crippen molar-refractivity contribution in [2.45, 2.75) is 44.7 Å². The standard InChI is InChI=1S/C13H23N3O2S/c1-10(2)16-9-13(6-12(16)7-14)19(17,18)15-5-4-11(3)8-15/h6,9-11H,4-5,7-8,14H2,1-3H3. The smallest absolute Gasteiger partial charge is 0.244 e. The van der Waals surface area contributed by atoms with E-state index < -0.39 is 10.0 Å². The number of hydrogen-bond donors (Lipinski definition) is 1. The number of hydrogen-bond acceptors (Lipinski definition) is 3. The van der Waals surface area contributed by atoms with E-state index in [2.05, 4.69) is 6.92 Å². The number of nitrogens with two attached hydrogens (primary N) is 1. The zero-order chi connectivity index (χ0) is 14.2. The molecule has 0 amide bonds. The van der Waals surface area contributed by atoms with Gasteiger partial charge in [-0.2, -0.15) is 4.31 Å². The molecular weight excluding hydrogens is 262 g/mol. The Morgan fingerprint density at radius 2 is 2.16 bits per heavy atom. The van der Waals surface area contributed by atoms with Gasteiger partial charge in [0, 0.05) is 37.6 Å². The van der Waals surface area contributed by atoms with Gasteiger partial charge in [-0.1, -0.05) is 6.92 Å². The molecule has 0 bridgehead atoms. The topological polar surface area (TPSA) is 68.3 Å². The van der Waals surface area contributed by atoms with Crippen LogP contribution in [0.5, 0.6) is 0 Å². The maximum absolute atomic E-state index is 12.6. The largest absolute Gasteiger partial charge is 0.346 e. The Labute approximate surface area is 115 Å². The van der Waals surface area contributed by atoms with E-state index in [1.807, 2.05) is 18.4 Å². The molecule has 6 heteroatoms. The normalized spacial score (nSPS) is 21.4. The third-order valence-electron chi connectivity index (χ3n) is 3.70. The van der Waals surface area contributed by atoms with Crippen molar-refractivity contribution in [2.24, 2.45) is 11.7 Å². The molecule has 2 heterocycles. The van der Waals surface area contributed by atoms with Gasteiger partial charge in [0.2, 0.25) is 10.0 Å². The van der Waals surface area contributed by atoms with E-state index in [0.29, 0.717) is 30.4 Å². The summed E-state index contributed by atoms with van der Waals surface area (Å²) in [5.41, 5.74) is 6.55. The molecule has 1 aliphatic rings. The lowest BCUT2D eigenvalue weighted by Gasteiger charge is -2.15. The highest BCUT2D eigenvalue weighted by molar-refractivity contribution is 7.89. The highest BCUT2D eigenvalue weighted by atomic mass is 32.2. The Balaban J connectivity index is 2.36. The molecule has 0 radical (unpaired) electrons. The fourth-order valence-corrected chi connectivity index (χ4v) is 4.17. The van der Waals surface area contributed by atoms with E-state index in [1.54, 1.807) is 16.6 Å². The third-order valence-corrected chi connectivity index (χ3v) is 5.53. The van der Waals surface area contributed by atoms with Crippen molar-refractivity contribution in [3.05, 3.63) is 18.0 Å². The Bertz CT molecular complexity index is 548. The van der Waals surface area contributed by atoms with Gasteiger partial charge < -0.3 is 10.3 Å². The maximum Gasteiger partial charge on any atom is 0.244 e. The van der Waals surface area contributed by atoms with Crippen LogP contribution in [0.15, 0.2) is 17.2 Å². The first kappa shape index (κ1) is 14.6. The highest BCUT2D eigenvalue weighted by Gasteiger charge is 2.31. The van der Waals surface area contributed by atoms with Crippen LogP contribution in [-0.4, -0.2) is 30.4 Å². The van der Waals surface area contributed by atoms with E-state index in [4.69, 9.17) is 5.73 Å². The molecule has 108 valence electrons. The SMILES string of the molecule is CC1CCN(S(=O)(=O)c2cc(CN)n(C(C)C)c2)C1. The lowest BCUT2D eigenvalue weighted by atomic mass is 10.2. The van der Waals surface area contributed by atoms with Crippen LogP contribution >= 0.6 is 0 Å². The number of sulfonamides is 1. The van der Waals surface area contributed by atoms with Gasteiger partial charge in [0.25, 0.3) is 0 Å². The molecule has 0 saturated carbocycles. The van der Waals surface area contributed by atoms with E-state index in [1.165, 1.54) is 0 Å². The highest BCUT2D eigenvalue weighted by Crippen LogP contribution is 2.26. The van der Waals surface area contributed by atoms with Crippen LogP contribution < -0.4 is 5.73 Å². The van der Waals surface area contributed by atoms with Gasteiger partial charge in [-0.25, -0.2) is 8.42 Å². The van der Waals surface area contributed by atoms with Crippen LogP contribution in [0.25, 0.3) is 0 Å². The fraction of sp³-hybridized carbons (Fsp3) is 0.692. The molecule has 0 aromatic carbocycles. The summed E-state index contributed by atoms with van der Waals surface area (Å²) in [5, 5.41) is 0. The molecule has 1 fully saturated rings. The third kappa shape index (κ3) is 2.70. The van der Waals surface area contributed by atoms with Crippen LogP contribution in [0.2, 0.25) is 0 Å². The molecule has 1 aromatic heterocycles. The Morgan fingerprint density at radius 1 is 1.47 bits per heavy atom. The lowest BCUT2D eigenvalue weighted by Crippen LogP contribution is -2.28. The molecule has 1 atom stereocenters. The van der Waals surface area contributed by atoms with Gasteiger partial charge in [-0.3, -0.25) is 0 Å². The summed E-state index contributed by atoms with van der Waals surface area (Å²) in [5.74, 6) is 0.441. The predicted octanol–water partition coefficient (Wildman–Crippen LogP) is 1.56. The molecule has 1 aromatic rings. The molecule has 1 saturated heterocycles. The van der Waals surface area contributed by atoms with Gasteiger partial charge in [0.05, 0.1) is 0 Å². The average Bonchev–Trinajstić information content (AvgIpc) is 2.94. The van der Waals surface area contributed by atoms with Crippen molar-refractivity contribution in [1.82, 2.24) is 8.87 Å². The van der Waals surface area contributed by atoms with Gasteiger partial charge in [-0.05, 0) is 32.3 Å². The van der Waals surface area contributed by atoms with Crippen molar-refractivity contribution in [3.63, 3.8) is 0 Å². The zero-order valence-electron chi connectivity index (χ0n) is 11.8. The summed E-state index contributed by atoms with van der Waals surface area (Å²) in [7, 11) is -3.36. The van der Waals surface area contributed by atoms with Crippen molar-refractivity contribution in [1.29, 1.82) is 0 Å². The zero-order valence-corrected chi connectivity index (χ0v) is 12.7. The minimum Gasteiger partial charge on any atom is -0.346 e. The van der Waals surface area contributed by atoms with Crippen molar-refractivity contribution in [2.75, 3.05) is 13.1 Å². The summed E-state index contributed by atoms with van der Waals surface area (Å²) < 4.78 is 28.6. The summed E-state index contributed by atoms with van der Waals surface area (Å²) in [6, 6.07) is 1.92. The van der Waals surface area contributed by atoms with Crippen molar-refractivity contribution >= 4 is 10.0 Å². The first-order valence-electron chi connectivity index (χ1n) is 6.77. The number of nitrogens with zero attached hydrogens (tertiary/aromatic N) is 2. The molecule has 1 aliphatic heterocycles. The molecule has 1 unspecified atom stereocenters. The summed E-state index contributed by atoms with van der Waals surface area (Å²) in [6.07, 6.45) is 2.65. The second-order valence-electron chi connectivity index (χ2n) is 5.63. The number of aromatic nitrogens is 1. The second-order valence-corrected chi connectivity index (χ2v) is 7.57. The second kappa shape index (κ2) is 5.26. The Hall–Kier alpha value is -0.850. The maximum atomic E-state index is 12.6. The van der Waals surface area contributed by atoms with E-state index >= 15 is 0 Å². The first-order valence-corrected chi connectivity index (χ1v) is 8.21. The quantitative estimate of drug-likeness (QED) is 0.912. The monoisotopic (exact) mass is 285 g/mol. The minimum absolute atomic E-state index is 0.208. The summed E-state index contributed by atoms with van der Waals surface area (Å²) in [6.45, 7) is 7.71. The van der Waals surface area contributed by atoms with Crippen LogP contribution in [-0.2, 0) is 16.6 Å². The van der Waals surface area contributed by atoms with Crippen molar-refractivity contribution in [3.8, 4) is 0 Å². The van der Waals surface area contributed by atoms with Crippen LogP contribution in [0.3, 0.4) is 0 Å². The van der Waals surface area contributed by atoms with Crippen LogP contribution in [0.1, 0.15) is 38.9 Å². The Kier molecular flexibility index (Phi) is 4.03. The van der Waals surface area contributed by atoms with E-state index in [-0.39, 0.29) is 6.04 Å². The molecule has 19 heavy (non-hydrogen) atoms. The molecule has 5 nitrogen and oxygen atoms in total. The van der Waals surface area contributed by atoms with Gasteiger partial charge in [0.15, 0.2) is 0 Å². The summed E-state index contributed by atoms with van der Waals surface area (Å²) >= 11 is 0. The molecule has 0 spiro atoms. The lowest BCUT2D eigenvalue weighted by molar-refractivity contribution is 0.464. The molecule has 2 rings (SSSR count). The fourth-order valence-electron chi connectivity index (χ4n) is 2.54. The predicted molar refractivity (Wildman–Crippen MR) is 75.2 cm³/mol.